The number of aliphatic hydroxyl groups is 2. The summed E-state index contributed by atoms with van der Waals surface area (Å²) in [5.41, 5.74) is 4.73. The van der Waals surface area contributed by atoms with Crippen LogP contribution in [0.25, 0.3) is 0 Å². The van der Waals surface area contributed by atoms with E-state index < -0.39 is 30.2 Å². The fraction of sp³-hybridized carbons (Fsp3) is 0.556. The molecule has 1 aliphatic heterocycles. The molecule has 0 aliphatic carbocycles. The normalized spacial score (nSPS) is 32.9. The molecule has 0 aromatic carbocycles. The molecular weight excluding hydrogens is 294 g/mol. The van der Waals surface area contributed by atoms with Gasteiger partial charge in [-0.15, -0.1) is 0 Å². The summed E-state index contributed by atoms with van der Waals surface area (Å²) in [4.78, 5) is 15.1. The van der Waals surface area contributed by atoms with Crippen LogP contribution in [-0.4, -0.2) is 43.4 Å². The Bertz CT molecular complexity index is 466. The molecule has 4 N–H and O–H groups in total. The minimum absolute atomic E-state index is 0.0938. The van der Waals surface area contributed by atoms with Crippen molar-refractivity contribution in [1.29, 1.82) is 0 Å². The molecule has 0 amide bonds. The van der Waals surface area contributed by atoms with E-state index in [-0.39, 0.29) is 5.82 Å². The van der Waals surface area contributed by atoms with Gasteiger partial charge in [-0.2, -0.15) is 4.98 Å². The molecule has 4 atom stereocenters. The van der Waals surface area contributed by atoms with Crippen LogP contribution in [0, 0.1) is 0 Å². The Balaban J connectivity index is 2.32. The van der Waals surface area contributed by atoms with Crippen molar-refractivity contribution in [2.24, 2.45) is 0 Å². The molecule has 0 bridgehead atoms. The van der Waals surface area contributed by atoms with Crippen LogP contribution < -0.4 is 11.4 Å². The van der Waals surface area contributed by atoms with Gasteiger partial charge in [-0.05, 0) is 6.07 Å². The third-order valence-electron chi connectivity index (χ3n) is 2.61. The Morgan fingerprint density at radius 1 is 1.53 bits per heavy atom. The van der Waals surface area contributed by atoms with E-state index in [4.69, 9.17) is 10.5 Å². The van der Waals surface area contributed by atoms with Crippen LogP contribution in [0.4, 0.5) is 5.82 Å². The molecule has 1 aromatic heterocycles. The van der Waals surface area contributed by atoms with Crippen molar-refractivity contribution in [2.45, 2.75) is 24.5 Å². The third kappa shape index (κ3) is 2.21. The van der Waals surface area contributed by atoms with E-state index in [9.17, 15) is 15.0 Å². The van der Waals surface area contributed by atoms with Gasteiger partial charge in [0, 0.05) is 11.5 Å². The summed E-state index contributed by atoms with van der Waals surface area (Å²) in [6.45, 7) is 0. The van der Waals surface area contributed by atoms with Crippen molar-refractivity contribution < 1.29 is 14.9 Å². The van der Waals surface area contributed by atoms with Gasteiger partial charge in [0.2, 0.25) is 0 Å². The summed E-state index contributed by atoms with van der Waals surface area (Å²) in [6.07, 6.45) is -2.38. The highest BCUT2D eigenvalue weighted by atomic mass is 79.9. The first-order valence-corrected chi connectivity index (χ1v) is 6.09. The first-order chi connectivity index (χ1) is 8.04. The van der Waals surface area contributed by atoms with E-state index in [0.717, 1.165) is 4.57 Å². The lowest BCUT2D eigenvalue weighted by atomic mass is 10.1. The van der Waals surface area contributed by atoms with Gasteiger partial charge < -0.3 is 20.7 Å². The number of ether oxygens (including phenoxy) is 1. The number of anilines is 1. The van der Waals surface area contributed by atoms with E-state index in [0.29, 0.717) is 5.33 Å². The van der Waals surface area contributed by atoms with Crippen LogP contribution in [0.3, 0.4) is 0 Å². The lowest BCUT2D eigenvalue weighted by Crippen LogP contribution is -2.35. The average molecular weight is 306 g/mol. The molecule has 8 heteroatoms. The van der Waals surface area contributed by atoms with Crippen molar-refractivity contribution in [3.8, 4) is 0 Å². The molecule has 2 heterocycles. The van der Waals surface area contributed by atoms with Crippen LogP contribution >= 0.6 is 15.9 Å². The zero-order valence-electron chi connectivity index (χ0n) is 8.73. The standard InChI is InChI=1S/C9H12BrN3O4/c10-3-4-6(14)7(15)8(17-4)13-2-1-5(11)12-9(13)16/h1-2,4,6-8,14-15H,3H2,(H2,11,12,16)/t4-,6-,7-,8-/m1/s1. The monoisotopic (exact) mass is 305 g/mol. The van der Waals surface area contributed by atoms with Gasteiger partial charge in [-0.1, -0.05) is 15.9 Å². The summed E-state index contributed by atoms with van der Waals surface area (Å²) in [7, 11) is 0. The van der Waals surface area contributed by atoms with Crippen LogP contribution in [0.2, 0.25) is 0 Å². The number of nitrogens with two attached hydrogens (primary N) is 1. The molecule has 17 heavy (non-hydrogen) atoms. The Morgan fingerprint density at radius 2 is 2.24 bits per heavy atom. The zero-order chi connectivity index (χ0) is 12.6. The molecule has 0 spiro atoms. The van der Waals surface area contributed by atoms with E-state index in [2.05, 4.69) is 20.9 Å². The smallest absolute Gasteiger partial charge is 0.351 e. The highest BCUT2D eigenvalue weighted by Crippen LogP contribution is 2.29. The molecule has 0 saturated carbocycles. The molecule has 94 valence electrons. The number of alkyl halides is 1. The molecule has 0 radical (unpaired) electrons. The van der Waals surface area contributed by atoms with E-state index in [1.54, 1.807) is 0 Å². The summed E-state index contributed by atoms with van der Waals surface area (Å²) in [5, 5.41) is 19.8. The fourth-order valence-corrected chi connectivity index (χ4v) is 2.24. The average Bonchev–Trinajstić information content (AvgIpc) is 2.57. The number of rotatable bonds is 2. The topological polar surface area (TPSA) is 111 Å². The van der Waals surface area contributed by atoms with Gasteiger partial charge in [0.25, 0.3) is 0 Å². The van der Waals surface area contributed by atoms with Gasteiger partial charge in [0.15, 0.2) is 6.23 Å². The van der Waals surface area contributed by atoms with Crippen LogP contribution in [0.5, 0.6) is 0 Å². The number of aliphatic hydroxyl groups excluding tert-OH is 2. The van der Waals surface area contributed by atoms with Crippen LogP contribution in [0.15, 0.2) is 17.1 Å². The Kier molecular flexibility index (Phi) is 3.48. The van der Waals surface area contributed by atoms with Gasteiger partial charge >= 0.3 is 5.69 Å². The Morgan fingerprint density at radius 3 is 2.76 bits per heavy atom. The number of nitrogen functional groups attached to an aromatic ring is 1. The van der Waals surface area contributed by atoms with Crippen LogP contribution in [0.1, 0.15) is 6.23 Å². The summed E-state index contributed by atoms with van der Waals surface area (Å²) in [5.74, 6) is 0.0938. The lowest BCUT2D eigenvalue weighted by molar-refractivity contribution is -0.0337. The maximum atomic E-state index is 11.6. The first-order valence-electron chi connectivity index (χ1n) is 4.97. The number of halogens is 1. The Labute approximate surface area is 105 Å². The minimum atomic E-state index is -1.18. The molecule has 1 fully saturated rings. The maximum Gasteiger partial charge on any atom is 0.351 e. The van der Waals surface area contributed by atoms with Gasteiger partial charge in [0.1, 0.15) is 18.0 Å². The quantitative estimate of drug-likeness (QED) is 0.594. The number of aromatic nitrogens is 2. The number of hydrogen-bond acceptors (Lipinski definition) is 6. The molecule has 0 unspecified atom stereocenters. The zero-order valence-corrected chi connectivity index (χ0v) is 10.3. The van der Waals surface area contributed by atoms with Gasteiger partial charge in [0.05, 0.1) is 6.10 Å². The lowest BCUT2D eigenvalue weighted by Gasteiger charge is -2.16. The predicted molar refractivity (Wildman–Crippen MR) is 62.6 cm³/mol. The second-order valence-corrected chi connectivity index (χ2v) is 4.39. The van der Waals surface area contributed by atoms with Crippen molar-refractivity contribution in [2.75, 3.05) is 11.1 Å². The van der Waals surface area contributed by atoms with Crippen LogP contribution in [-0.2, 0) is 4.74 Å². The summed E-state index contributed by atoms with van der Waals surface area (Å²) < 4.78 is 6.48. The van der Waals surface area contributed by atoms with Gasteiger partial charge in [-0.25, -0.2) is 4.79 Å². The summed E-state index contributed by atoms with van der Waals surface area (Å²) in [6, 6.07) is 1.42. The molecule has 7 nitrogen and oxygen atoms in total. The third-order valence-corrected chi connectivity index (χ3v) is 3.25. The largest absolute Gasteiger partial charge is 0.387 e. The Hall–Kier alpha value is -0.960. The van der Waals surface area contributed by atoms with Gasteiger partial charge in [-0.3, -0.25) is 4.57 Å². The molecular formula is C9H12BrN3O4. The molecule has 1 aromatic rings. The van der Waals surface area contributed by atoms with Crippen molar-refractivity contribution in [3.05, 3.63) is 22.7 Å². The minimum Gasteiger partial charge on any atom is -0.387 e. The molecule has 1 saturated heterocycles. The predicted octanol–water partition coefficient (Wildman–Crippen LogP) is -1.16. The fourth-order valence-electron chi connectivity index (χ4n) is 1.71. The first kappa shape index (κ1) is 12.5. The van der Waals surface area contributed by atoms with E-state index in [1.165, 1.54) is 12.3 Å². The second kappa shape index (κ2) is 4.73. The van der Waals surface area contributed by atoms with E-state index >= 15 is 0 Å². The number of nitrogens with zero attached hydrogens (tertiary/aromatic N) is 2. The summed E-state index contributed by atoms with van der Waals surface area (Å²) >= 11 is 3.16. The second-order valence-electron chi connectivity index (χ2n) is 3.74. The number of hydrogen-bond donors (Lipinski definition) is 3. The van der Waals surface area contributed by atoms with Crippen molar-refractivity contribution in [1.82, 2.24) is 9.55 Å². The molecule has 1 aliphatic rings. The molecule has 2 rings (SSSR count). The van der Waals surface area contributed by atoms with Crippen molar-refractivity contribution in [3.63, 3.8) is 0 Å². The highest BCUT2D eigenvalue weighted by Gasteiger charge is 2.43. The SMILES string of the molecule is Nc1ccn([C@@H]2O[C@H](CBr)[C@@H](O)[C@H]2O)c(=O)n1. The highest BCUT2D eigenvalue weighted by molar-refractivity contribution is 9.09. The van der Waals surface area contributed by atoms with Crippen molar-refractivity contribution >= 4 is 21.7 Å². The van der Waals surface area contributed by atoms with E-state index in [1.807, 2.05) is 0 Å². The maximum absolute atomic E-state index is 11.6.